The van der Waals surface area contributed by atoms with Crippen molar-refractivity contribution in [2.75, 3.05) is 0 Å². The second kappa shape index (κ2) is 4.23. The van der Waals surface area contributed by atoms with Crippen LogP contribution in [-0.2, 0) is 14.3 Å². The summed E-state index contributed by atoms with van der Waals surface area (Å²) in [6, 6.07) is 0. The van der Waals surface area contributed by atoms with Crippen molar-refractivity contribution >= 4 is 11.6 Å². The van der Waals surface area contributed by atoms with Crippen LogP contribution in [0.5, 0.6) is 0 Å². The van der Waals surface area contributed by atoms with Gasteiger partial charge in [0.15, 0.2) is 17.7 Å². The van der Waals surface area contributed by atoms with Gasteiger partial charge in [0.05, 0.1) is 6.10 Å². The van der Waals surface area contributed by atoms with Gasteiger partial charge in [0.2, 0.25) is 0 Å². The second-order valence-corrected chi connectivity index (χ2v) is 2.79. The maximum atomic E-state index is 10.8. The summed E-state index contributed by atoms with van der Waals surface area (Å²) in [7, 11) is 0. The van der Waals surface area contributed by atoms with E-state index in [1.54, 1.807) is 13.8 Å². The molecule has 0 aliphatic carbocycles. The van der Waals surface area contributed by atoms with Gasteiger partial charge in [-0.1, -0.05) is 0 Å². The van der Waals surface area contributed by atoms with Crippen LogP contribution in [0, 0.1) is 0 Å². The Labute approximate surface area is 66.7 Å². The molecule has 64 valence electrons. The smallest absolute Gasteiger partial charge is 0.173 e. The molecular formula is C8H14O3. The number of Topliss-reactive ketones (excluding diaryl/α,β-unsaturated/α-hetero) is 2. The van der Waals surface area contributed by atoms with Crippen molar-refractivity contribution < 1.29 is 14.3 Å². The van der Waals surface area contributed by atoms with E-state index in [0.29, 0.717) is 0 Å². The lowest BCUT2D eigenvalue weighted by molar-refractivity contribution is -0.143. The third-order valence-corrected chi connectivity index (χ3v) is 1.15. The Kier molecular flexibility index (Phi) is 3.97. The minimum Gasteiger partial charge on any atom is -0.360 e. The molecule has 0 spiro atoms. The molecule has 0 aromatic rings. The SMILES string of the molecule is CC(=O)C(OC(C)C)C(C)=O. The molecule has 0 bridgehead atoms. The molecule has 0 fully saturated rings. The topological polar surface area (TPSA) is 43.4 Å². The minimum atomic E-state index is -0.866. The lowest BCUT2D eigenvalue weighted by Gasteiger charge is -2.14. The Balaban J connectivity index is 4.12. The number of hydrogen-bond acceptors (Lipinski definition) is 3. The van der Waals surface area contributed by atoms with E-state index in [0.717, 1.165) is 0 Å². The van der Waals surface area contributed by atoms with E-state index in [1.807, 2.05) is 0 Å². The molecule has 0 radical (unpaired) electrons. The zero-order chi connectivity index (χ0) is 9.02. The molecule has 0 rings (SSSR count). The van der Waals surface area contributed by atoms with Crippen LogP contribution in [0.4, 0.5) is 0 Å². The quantitative estimate of drug-likeness (QED) is 0.572. The summed E-state index contributed by atoms with van der Waals surface area (Å²) in [6.07, 6.45) is -0.956. The van der Waals surface area contributed by atoms with E-state index >= 15 is 0 Å². The van der Waals surface area contributed by atoms with Gasteiger partial charge >= 0.3 is 0 Å². The van der Waals surface area contributed by atoms with E-state index < -0.39 is 6.10 Å². The number of hydrogen-bond donors (Lipinski definition) is 0. The molecule has 0 unspecified atom stereocenters. The molecule has 0 aliphatic rings. The van der Waals surface area contributed by atoms with Crippen LogP contribution in [0.15, 0.2) is 0 Å². The summed E-state index contributed by atoms with van der Waals surface area (Å²) in [6.45, 7) is 6.29. The highest BCUT2D eigenvalue weighted by Gasteiger charge is 2.20. The van der Waals surface area contributed by atoms with Crippen LogP contribution in [0.3, 0.4) is 0 Å². The lowest BCUT2D eigenvalue weighted by atomic mass is 10.2. The molecule has 3 nitrogen and oxygen atoms in total. The number of carbonyl (C=O) groups is 2. The Morgan fingerprint density at radius 3 is 1.55 bits per heavy atom. The predicted molar refractivity (Wildman–Crippen MR) is 41.4 cm³/mol. The fourth-order valence-electron chi connectivity index (χ4n) is 0.750. The van der Waals surface area contributed by atoms with Crippen LogP contribution < -0.4 is 0 Å². The molecule has 0 N–H and O–H groups in total. The molecule has 0 atom stereocenters. The molecule has 11 heavy (non-hydrogen) atoms. The van der Waals surface area contributed by atoms with Gasteiger partial charge < -0.3 is 4.74 Å². The van der Waals surface area contributed by atoms with Crippen molar-refractivity contribution in [3.63, 3.8) is 0 Å². The van der Waals surface area contributed by atoms with Crippen molar-refractivity contribution in [1.29, 1.82) is 0 Å². The van der Waals surface area contributed by atoms with Crippen LogP contribution in [0.25, 0.3) is 0 Å². The molecule has 0 saturated carbocycles. The first-order chi connectivity index (χ1) is 4.95. The fraction of sp³-hybridized carbons (Fsp3) is 0.750. The standard InChI is InChI=1S/C8H14O3/c1-5(2)11-8(6(3)9)7(4)10/h5,8H,1-4H3. The van der Waals surface area contributed by atoms with Crippen molar-refractivity contribution in [2.45, 2.75) is 39.9 Å². The van der Waals surface area contributed by atoms with Gasteiger partial charge in [0.1, 0.15) is 0 Å². The van der Waals surface area contributed by atoms with Crippen molar-refractivity contribution in [3.05, 3.63) is 0 Å². The fourth-order valence-corrected chi connectivity index (χ4v) is 0.750. The van der Waals surface area contributed by atoms with E-state index in [1.165, 1.54) is 13.8 Å². The first-order valence-electron chi connectivity index (χ1n) is 3.61. The van der Waals surface area contributed by atoms with Gasteiger partial charge in [-0.05, 0) is 27.7 Å². The van der Waals surface area contributed by atoms with Gasteiger partial charge in [0.25, 0.3) is 0 Å². The number of ether oxygens (including phenoxy) is 1. The Morgan fingerprint density at radius 2 is 1.45 bits per heavy atom. The molecule has 0 amide bonds. The van der Waals surface area contributed by atoms with Crippen LogP contribution in [0.2, 0.25) is 0 Å². The third kappa shape index (κ3) is 3.88. The van der Waals surface area contributed by atoms with Gasteiger partial charge in [0, 0.05) is 0 Å². The molecule has 3 heteroatoms. The van der Waals surface area contributed by atoms with Gasteiger partial charge in [-0.25, -0.2) is 0 Å². The first-order valence-corrected chi connectivity index (χ1v) is 3.61. The maximum Gasteiger partial charge on any atom is 0.173 e. The Morgan fingerprint density at radius 1 is 1.09 bits per heavy atom. The van der Waals surface area contributed by atoms with Gasteiger partial charge in [-0.15, -0.1) is 0 Å². The predicted octanol–water partition coefficient (Wildman–Crippen LogP) is 0.958. The van der Waals surface area contributed by atoms with Gasteiger partial charge in [-0.2, -0.15) is 0 Å². The van der Waals surface area contributed by atoms with E-state index in [2.05, 4.69) is 0 Å². The average molecular weight is 158 g/mol. The number of carbonyl (C=O) groups excluding carboxylic acids is 2. The van der Waals surface area contributed by atoms with Crippen molar-refractivity contribution in [2.24, 2.45) is 0 Å². The third-order valence-electron chi connectivity index (χ3n) is 1.15. The summed E-state index contributed by atoms with van der Waals surface area (Å²) in [5, 5.41) is 0. The normalized spacial score (nSPS) is 10.7. The number of ketones is 2. The maximum absolute atomic E-state index is 10.8. The van der Waals surface area contributed by atoms with Crippen molar-refractivity contribution in [3.8, 4) is 0 Å². The Bertz CT molecular complexity index is 147. The molecular weight excluding hydrogens is 144 g/mol. The Hall–Kier alpha value is -0.700. The molecule has 0 saturated heterocycles. The summed E-state index contributed by atoms with van der Waals surface area (Å²) >= 11 is 0. The lowest BCUT2D eigenvalue weighted by Crippen LogP contribution is -2.31. The molecule has 0 aliphatic heterocycles. The molecule has 0 aromatic carbocycles. The van der Waals surface area contributed by atoms with Crippen LogP contribution >= 0.6 is 0 Å². The first kappa shape index (κ1) is 10.3. The van der Waals surface area contributed by atoms with Crippen LogP contribution in [-0.4, -0.2) is 23.8 Å². The van der Waals surface area contributed by atoms with E-state index in [4.69, 9.17) is 4.74 Å². The summed E-state index contributed by atoms with van der Waals surface area (Å²) in [5.74, 6) is -0.461. The zero-order valence-electron chi connectivity index (χ0n) is 7.38. The van der Waals surface area contributed by atoms with Crippen LogP contribution in [0.1, 0.15) is 27.7 Å². The highest BCUT2D eigenvalue weighted by Crippen LogP contribution is 2.00. The minimum absolute atomic E-state index is 0.0900. The van der Waals surface area contributed by atoms with E-state index in [9.17, 15) is 9.59 Å². The largest absolute Gasteiger partial charge is 0.360 e. The molecule has 0 heterocycles. The van der Waals surface area contributed by atoms with E-state index in [-0.39, 0.29) is 17.7 Å². The summed E-state index contributed by atoms with van der Waals surface area (Å²) < 4.78 is 5.07. The number of rotatable bonds is 4. The second-order valence-electron chi connectivity index (χ2n) is 2.79. The van der Waals surface area contributed by atoms with Gasteiger partial charge in [-0.3, -0.25) is 9.59 Å². The highest BCUT2D eigenvalue weighted by atomic mass is 16.5. The average Bonchev–Trinajstić information content (AvgIpc) is 1.81. The zero-order valence-corrected chi connectivity index (χ0v) is 7.38. The highest BCUT2D eigenvalue weighted by molar-refractivity contribution is 6.03. The monoisotopic (exact) mass is 158 g/mol. The molecule has 0 aromatic heterocycles. The summed E-state index contributed by atoms with van der Waals surface area (Å²) in [5.41, 5.74) is 0. The van der Waals surface area contributed by atoms with Crippen molar-refractivity contribution in [1.82, 2.24) is 0 Å². The summed E-state index contributed by atoms with van der Waals surface area (Å²) in [4.78, 5) is 21.6.